The highest BCUT2D eigenvalue weighted by Crippen LogP contribution is 2.23. The molecule has 134 valence electrons. The molecule has 5 nitrogen and oxygen atoms in total. The first-order chi connectivity index (χ1) is 11.7. The monoisotopic (exact) mass is 400 g/mol. The third-order valence-electron chi connectivity index (χ3n) is 3.53. The number of carbonyl (C=O) groups excluding carboxylic acids is 1. The van der Waals surface area contributed by atoms with E-state index in [2.05, 4.69) is 5.32 Å². The molecule has 0 aliphatic heterocycles. The molecule has 0 bridgehead atoms. The van der Waals surface area contributed by atoms with E-state index >= 15 is 0 Å². The minimum atomic E-state index is -3.65. The molecule has 2 aromatic rings. The number of rotatable bonds is 6. The van der Waals surface area contributed by atoms with Gasteiger partial charge >= 0.3 is 0 Å². The lowest BCUT2D eigenvalue weighted by atomic mass is 10.1. The predicted molar refractivity (Wildman–Crippen MR) is 102 cm³/mol. The maximum Gasteiger partial charge on any atom is 0.241 e. The molecule has 2 aromatic carbocycles. The van der Waals surface area contributed by atoms with Crippen LogP contribution in [0.4, 0.5) is 5.69 Å². The van der Waals surface area contributed by atoms with Gasteiger partial charge in [-0.15, -0.1) is 0 Å². The second-order valence-corrected chi connectivity index (χ2v) is 8.31. The van der Waals surface area contributed by atoms with Crippen LogP contribution in [0.3, 0.4) is 0 Å². The molecule has 0 aliphatic rings. The van der Waals surface area contributed by atoms with E-state index < -0.39 is 15.9 Å². The molecule has 0 aliphatic carbocycles. The molecule has 1 unspecified atom stereocenters. The van der Waals surface area contributed by atoms with Gasteiger partial charge in [0.2, 0.25) is 15.9 Å². The molecular weight excluding hydrogens is 383 g/mol. The number of benzene rings is 2. The van der Waals surface area contributed by atoms with Gasteiger partial charge in [0.1, 0.15) is 6.54 Å². The van der Waals surface area contributed by atoms with Gasteiger partial charge in [-0.25, -0.2) is 8.42 Å². The molecule has 8 heteroatoms. The summed E-state index contributed by atoms with van der Waals surface area (Å²) in [5.41, 5.74) is 1.08. The molecule has 0 saturated carbocycles. The summed E-state index contributed by atoms with van der Waals surface area (Å²) in [6.07, 6.45) is 1.04. The van der Waals surface area contributed by atoms with Gasteiger partial charge in [0.25, 0.3) is 0 Å². The Kier molecular flexibility index (Phi) is 6.32. The lowest BCUT2D eigenvalue weighted by Crippen LogP contribution is -2.41. The molecule has 25 heavy (non-hydrogen) atoms. The maximum absolute atomic E-state index is 12.4. The van der Waals surface area contributed by atoms with Gasteiger partial charge in [0.15, 0.2) is 0 Å². The van der Waals surface area contributed by atoms with Gasteiger partial charge < -0.3 is 5.32 Å². The molecule has 0 saturated heterocycles. The SMILES string of the molecule is CC(NC(=O)CN(c1cccc(Cl)c1)S(C)(=O)=O)c1ccccc1Cl. The van der Waals surface area contributed by atoms with Crippen molar-refractivity contribution >= 4 is 44.8 Å². The van der Waals surface area contributed by atoms with Crippen LogP contribution in [0, 0.1) is 0 Å². The number of carbonyl (C=O) groups is 1. The van der Waals surface area contributed by atoms with Gasteiger partial charge in [-0.1, -0.05) is 47.5 Å². The summed E-state index contributed by atoms with van der Waals surface area (Å²) in [5, 5.41) is 3.68. The lowest BCUT2D eigenvalue weighted by molar-refractivity contribution is -0.120. The van der Waals surface area contributed by atoms with Crippen molar-refractivity contribution < 1.29 is 13.2 Å². The van der Waals surface area contributed by atoms with Crippen molar-refractivity contribution in [3.63, 3.8) is 0 Å². The second-order valence-electron chi connectivity index (χ2n) is 5.56. The first-order valence-electron chi connectivity index (χ1n) is 7.45. The minimum absolute atomic E-state index is 0.329. The fourth-order valence-corrected chi connectivity index (χ4v) is 3.69. The van der Waals surface area contributed by atoms with Gasteiger partial charge in [-0.3, -0.25) is 9.10 Å². The van der Waals surface area contributed by atoms with Crippen LogP contribution in [0.2, 0.25) is 10.0 Å². The van der Waals surface area contributed by atoms with Crippen molar-refractivity contribution in [1.29, 1.82) is 0 Å². The standard InChI is InChI=1S/C17H18Cl2N2O3S/c1-12(15-8-3-4-9-16(15)19)20-17(22)11-21(25(2,23)24)14-7-5-6-13(18)10-14/h3-10,12H,11H2,1-2H3,(H,20,22). The van der Waals surface area contributed by atoms with Crippen molar-refractivity contribution in [2.45, 2.75) is 13.0 Å². The summed E-state index contributed by atoms with van der Waals surface area (Å²) in [5.74, 6) is -0.446. The Balaban J connectivity index is 2.17. The summed E-state index contributed by atoms with van der Waals surface area (Å²) >= 11 is 12.0. The zero-order chi connectivity index (χ0) is 18.6. The largest absolute Gasteiger partial charge is 0.348 e. The Morgan fingerprint density at radius 1 is 1.16 bits per heavy atom. The first kappa shape index (κ1) is 19.6. The number of hydrogen-bond acceptors (Lipinski definition) is 3. The molecule has 0 aromatic heterocycles. The van der Waals surface area contributed by atoms with Gasteiger partial charge in [-0.05, 0) is 36.8 Å². The quantitative estimate of drug-likeness (QED) is 0.804. The highest BCUT2D eigenvalue weighted by molar-refractivity contribution is 7.92. The van der Waals surface area contributed by atoms with E-state index in [0.717, 1.165) is 16.1 Å². The summed E-state index contributed by atoms with van der Waals surface area (Å²) in [4.78, 5) is 12.4. The van der Waals surface area contributed by atoms with E-state index in [1.807, 2.05) is 6.07 Å². The number of amides is 1. The molecule has 0 spiro atoms. The number of nitrogens with zero attached hydrogens (tertiary/aromatic N) is 1. The smallest absolute Gasteiger partial charge is 0.241 e. The fraction of sp³-hybridized carbons (Fsp3) is 0.235. The van der Waals surface area contributed by atoms with Crippen molar-refractivity contribution in [3.05, 3.63) is 64.1 Å². The van der Waals surface area contributed by atoms with Crippen LogP contribution in [0.5, 0.6) is 0 Å². The Hall–Kier alpha value is -1.76. The van der Waals surface area contributed by atoms with Crippen LogP contribution in [0.25, 0.3) is 0 Å². The molecule has 2 rings (SSSR count). The van der Waals surface area contributed by atoms with E-state index in [1.54, 1.807) is 43.3 Å². The number of hydrogen-bond donors (Lipinski definition) is 1. The van der Waals surface area contributed by atoms with Crippen molar-refractivity contribution in [2.24, 2.45) is 0 Å². The molecule has 1 atom stereocenters. The first-order valence-corrected chi connectivity index (χ1v) is 10.1. The van der Waals surface area contributed by atoms with Crippen molar-refractivity contribution in [3.8, 4) is 0 Å². The number of anilines is 1. The van der Waals surface area contributed by atoms with Gasteiger partial charge in [-0.2, -0.15) is 0 Å². The molecular formula is C17H18Cl2N2O3S. The normalized spacial score (nSPS) is 12.5. The predicted octanol–water partition coefficient (Wildman–Crippen LogP) is 3.64. The van der Waals surface area contributed by atoms with Crippen molar-refractivity contribution in [1.82, 2.24) is 5.32 Å². The van der Waals surface area contributed by atoms with Crippen molar-refractivity contribution in [2.75, 3.05) is 17.1 Å². The summed E-state index contributed by atoms with van der Waals surface area (Å²) in [6.45, 7) is 1.43. The molecule has 1 amide bonds. The minimum Gasteiger partial charge on any atom is -0.348 e. The maximum atomic E-state index is 12.4. The van der Waals surface area contributed by atoms with Crippen LogP contribution in [-0.4, -0.2) is 27.1 Å². The van der Waals surface area contributed by atoms with Crippen LogP contribution >= 0.6 is 23.2 Å². The molecule has 0 radical (unpaired) electrons. The Bertz CT molecular complexity index is 872. The number of halogens is 2. The fourth-order valence-electron chi connectivity index (χ4n) is 2.35. The summed E-state index contributed by atoms with van der Waals surface area (Å²) in [7, 11) is -3.65. The average Bonchev–Trinajstić information content (AvgIpc) is 2.51. The molecule has 1 N–H and O–H groups in total. The van der Waals surface area contributed by atoms with Crippen LogP contribution in [0.15, 0.2) is 48.5 Å². The topological polar surface area (TPSA) is 66.5 Å². The van der Waals surface area contributed by atoms with Crippen LogP contribution < -0.4 is 9.62 Å². The highest BCUT2D eigenvalue weighted by atomic mass is 35.5. The van der Waals surface area contributed by atoms with E-state index in [9.17, 15) is 13.2 Å². The summed E-state index contributed by atoms with van der Waals surface area (Å²) < 4.78 is 25.1. The highest BCUT2D eigenvalue weighted by Gasteiger charge is 2.22. The zero-order valence-electron chi connectivity index (χ0n) is 13.7. The zero-order valence-corrected chi connectivity index (χ0v) is 16.1. The van der Waals surface area contributed by atoms with E-state index in [-0.39, 0.29) is 12.6 Å². The second kappa shape index (κ2) is 8.08. The summed E-state index contributed by atoms with van der Waals surface area (Å²) in [6, 6.07) is 13.1. The third kappa shape index (κ3) is 5.36. The van der Waals surface area contributed by atoms with E-state index in [4.69, 9.17) is 23.2 Å². The lowest BCUT2D eigenvalue weighted by Gasteiger charge is -2.23. The van der Waals surface area contributed by atoms with E-state index in [1.165, 1.54) is 6.07 Å². The third-order valence-corrected chi connectivity index (χ3v) is 5.25. The molecule has 0 fully saturated rings. The number of sulfonamides is 1. The Morgan fingerprint density at radius 2 is 1.84 bits per heavy atom. The van der Waals surface area contributed by atoms with Gasteiger partial charge in [0, 0.05) is 10.0 Å². The average molecular weight is 401 g/mol. The van der Waals surface area contributed by atoms with E-state index in [0.29, 0.717) is 15.7 Å². The number of nitrogens with one attached hydrogen (secondary N) is 1. The van der Waals surface area contributed by atoms with Crippen LogP contribution in [0.1, 0.15) is 18.5 Å². The molecule has 0 heterocycles. The Morgan fingerprint density at radius 3 is 2.44 bits per heavy atom. The van der Waals surface area contributed by atoms with Gasteiger partial charge in [0.05, 0.1) is 18.0 Å². The Labute approximate surface area is 157 Å². The van der Waals surface area contributed by atoms with Crippen LogP contribution in [-0.2, 0) is 14.8 Å².